The smallest absolute Gasteiger partial charge is 0.407 e. The number of hydrogen-bond acceptors (Lipinski definition) is 6. The molecule has 1 fully saturated rings. The first-order valence-corrected chi connectivity index (χ1v) is 12.3. The van der Waals surface area contributed by atoms with Crippen LogP contribution < -0.4 is 10.6 Å². The van der Waals surface area contributed by atoms with Crippen LogP contribution in [0.1, 0.15) is 50.3 Å². The van der Waals surface area contributed by atoms with Crippen molar-refractivity contribution in [2.24, 2.45) is 5.41 Å². The van der Waals surface area contributed by atoms with Gasteiger partial charge in [0.15, 0.2) is 0 Å². The van der Waals surface area contributed by atoms with Gasteiger partial charge in [-0.05, 0) is 42.0 Å². The molecule has 0 bridgehead atoms. The van der Waals surface area contributed by atoms with Crippen molar-refractivity contribution in [3.63, 3.8) is 0 Å². The lowest BCUT2D eigenvalue weighted by atomic mass is 9.98. The number of aromatic nitrogens is 1. The third-order valence-corrected chi connectivity index (χ3v) is 7.65. The number of amides is 2. The van der Waals surface area contributed by atoms with Crippen molar-refractivity contribution in [2.75, 3.05) is 13.2 Å². The molecule has 0 atom stereocenters. The lowest BCUT2D eigenvalue weighted by molar-refractivity contribution is -0.143. The summed E-state index contributed by atoms with van der Waals surface area (Å²) in [5.74, 6) is -1.31. The number of carboxylic acids is 1. The minimum absolute atomic E-state index is 0.0221. The Kier molecular flexibility index (Phi) is 6.02. The number of rotatable bonds is 8. The van der Waals surface area contributed by atoms with Crippen LogP contribution in [0.3, 0.4) is 0 Å². The molecule has 2 amide bonds. The third-order valence-electron chi connectivity index (χ3n) is 6.68. The minimum atomic E-state index is -0.888. The van der Waals surface area contributed by atoms with E-state index >= 15 is 0 Å². The van der Waals surface area contributed by atoms with E-state index in [1.165, 1.54) is 11.3 Å². The predicted octanol–water partition coefficient (Wildman–Crippen LogP) is 4.08. The predicted molar refractivity (Wildman–Crippen MR) is 130 cm³/mol. The minimum Gasteiger partial charge on any atom is -0.481 e. The summed E-state index contributed by atoms with van der Waals surface area (Å²) in [6, 6.07) is 16.3. The van der Waals surface area contributed by atoms with Gasteiger partial charge in [0.25, 0.3) is 5.91 Å². The Hall–Kier alpha value is -3.72. The van der Waals surface area contributed by atoms with Gasteiger partial charge in [-0.15, -0.1) is 11.3 Å². The molecule has 0 saturated heterocycles. The summed E-state index contributed by atoms with van der Waals surface area (Å²) in [4.78, 5) is 41.2. The molecule has 2 aromatic carbocycles. The number of ether oxygens (including phenoxy) is 1. The van der Waals surface area contributed by atoms with Crippen LogP contribution in [-0.4, -0.2) is 41.2 Å². The second-order valence-corrected chi connectivity index (χ2v) is 10.2. The Morgan fingerprint density at radius 2 is 1.69 bits per heavy atom. The zero-order valence-corrected chi connectivity index (χ0v) is 20.0. The Balaban J connectivity index is 1.15. The fourth-order valence-electron chi connectivity index (χ4n) is 4.49. The van der Waals surface area contributed by atoms with E-state index in [-0.39, 0.29) is 31.3 Å². The van der Waals surface area contributed by atoms with E-state index in [9.17, 15) is 19.5 Å². The van der Waals surface area contributed by atoms with Gasteiger partial charge in [-0.1, -0.05) is 48.5 Å². The Bertz CT molecular complexity index is 1270. The monoisotopic (exact) mass is 491 g/mol. The molecule has 0 aliphatic heterocycles. The highest BCUT2D eigenvalue weighted by Crippen LogP contribution is 2.45. The normalized spacial score (nSPS) is 15.1. The first-order chi connectivity index (χ1) is 16.9. The molecule has 0 radical (unpaired) electrons. The van der Waals surface area contributed by atoms with Crippen LogP contribution in [0.2, 0.25) is 0 Å². The molecule has 5 rings (SSSR count). The van der Waals surface area contributed by atoms with Gasteiger partial charge >= 0.3 is 12.1 Å². The number of alkyl carbamates (subject to hydrolysis) is 1. The van der Waals surface area contributed by atoms with Crippen LogP contribution in [0.4, 0.5) is 4.79 Å². The molecule has 35 heavy (non-hydrogen) atoms. The van der Waals surface area contributed by atoms with Gasteiger partial charge in [0.05, 0.1) is 12.0 Å². The SMILES string of the molecule is Cc1sc(CNC(=O)OCC2c3ccccc3-c3ccccc32)nc1C(=O)NCC1(C(=O)O)CC1. The Morgan fingerprint density at radius 3 is 2.29 bits per heavy atom. The van der Waals surface area contributed by atoms with Gasteiger partial charge in [0.2, 0.25) is 0 Å². The van der Waals surface area contributed by atoms with Crippen LogP contribution in [0, 0.1) is 12.3 Å². The van der Waals surface area contributed by atoms with Crippen LogP contribution in [0.5, 0.6) is 0 Å². The number of benzene rings is 2. The van der Waals surface area contributed by atoms with Gasteiger partial charge in [-0.3, -0.25) is 9.59 Å². The van der Waals surface area contributed by atoms with Crippen LogP contribution in [-0.2, 0) is 16.1 Å². The molecule has 2 aliphatic carbocycles. The summed E-state index contributed by atoms with van der Waals surface area (Å²) in [6.45, 7) is 2.21. The zero-order chi connectivity index (χ0) is 24.6. The van der Waals surface area contributed by atoms with Crippen molar-refractivity contribution in [1.29, 1.82) is 0 Å². The van der Waals surface area contributed by atoms with Crippen molar-refractivity contribution in [3.05, 3.63) is 75.2 Å². The lowest BCUT2D eigenvalue weighted by Gasteiger charge is -2.14. The lowest BCUT2D eigenvalue weighted by Crippen LogP contribution is -2.34. The molecule has 8 nitrogen and oxygen atoms in total. The highest BCUT2D eigenvalue weighted by Gasteiger charge is 2.50. The van der Waals surface area contributed by atoms with Crippen molar-refractivity contribution < 1.29 is 24.2 Å². The first kappa shape index (κ1) is 23.0. The number of nitrogens with one attached hydrogen (secondary N) is 2. The molecule has 180 valence electrons. The summed E-state index contributed by atoms with van der Waals surface area (Å²) in [7, 11) is 0. The molecule has 1 heterocycles. The summed E-state index contributed by atoms with van der Waals surface area (Å²) < 4.78 is 5.54. The van der Waals surface area contributed by atoms with Gasteiger partial charge in [0, 0.05) is 17.3 Å². The van der Waals surface area contributed by atoms with E-state index in [1.54, 1.807) is 6.92 Å². The molecule has 2 aliphatic rings. The molecule has 9 heteroatoms. The third kappa shape index (κ3) is 4.51. The molecule has 3 aromatic rings. The van der Waals surface area contributed by atoms with E-state index < -0.39 is 23.4 Å². The summed E-state index contributed by atoms with van der Waals surface area (Å²) in [6.07, 6.45) is 0.574. The largest absolute Gasteiger partial charge is 0.481 e. The van der Waals surface area contributed by atoms with E-state index in [2.05, 4.69) is 39.9 Å². The number of fused-ring (bicyclic) bond motifs is 3. The summed E-state index contributed by atoms with van der Waals surface area (Å²) in [5, 5.41) is 15.2. The number of carbonyl (C=O) groups is 3. The van der Waals surface area contributed by atoms with Crippen LogP contribution in [0.15, 0.2) is 48.5 Å². The quantitative estimate of drug-likeness (QED) is 0.437. The summed E-state index contributed by atoms with van der Waals surface area (Å²) in [5.41, 5.74) is 4.02. The zero-order valence-electron chi connectivity index (χ0n) is 19.2. The van der Waals surface area contributed by atoms with E-state index in [0.29, 0.717) is 22.7 Å². The summed E-state index contributed by atoms with van der Waals surface area (Å²) >= 11 is 1.31. The highest BCUT2D eigenvalue weighted by molar-refractivity contribution is 7.11. The second-order valence-electron chi connectivity index (χ2n) is 8.96. The van der Waals surface area contributed by atoms with Crippen molar-refractivity contribution in [2.45, 2.75) is 32.2 Å². The fourth-order valence-corrected chi connectivity index (χ4v) is 5.35. The maximum Gasteiger partial charge on any atom is 0.407 e. The molecular weight excluding hydrogens is 466 g/mol. The Morgan fingerprint density at radius 1 is 1.06 bits per heavy atom. The fraction of sp³-hybridized carbons (Fsp3) is 0.308. The highest BCUT2D eigenvalue weighted by atomic mass is 32.1. The molecular formula is C26H25N3O5S. The number of carbonyl (C=O) groups excluding carboxylic acids is 2. The number of hydrogen-bond donors (Lipinski definition) is 3. The maximum atomic E-state index is 12.5. The van der Waals surface area contributed by atoms with E-state index in [4.69, 9.17) is 4.74 Å². The molecule has 0 spiro atoms. The molecule has 0 unspecified atom stereocenters. The molecule has 3 N–H and O–H groups in total. The number of carboxylic acid groups (broad SMARTS) is 1. The van der Waals surface area contributed by atoms with Gasteiger partial charge < -0.3 is 20.5 Å². The molecule has 1 aromatic heterocycles. The number of nitrogens with zero attached hydrogens (tertiary/aromatic N) is 1. The van der Waals surface area contributed by atoms with Crippen molar-refractivity contribution in [3.8, 4) is 11.1 Å². The van der Waals surface area contributed by atoms with Gasteiger partial charge in [-0.25, -0.2) is 9.78 Å². The van der Waals surface area contributed by atoms with Crippen molar-refractivity contribution >= 4 is 29.3 Å². The topological polar surface area (TPSA) is 118 Å². The number of aliphatic carboxylic acids is 1. The molecule has 1 saturated carbocycles. The number of thiazole rings is 1. The first-order valence-electron chi connectivity index (χ1n) is 11.4. The average molecular weight is 492 g/mol. The maximum absolute atomic E-state index is 12.5. The average Bonchev–Trinajstić information content (AvgIpc) is 3.48. The van der Waals surface area contributed by atoms with E-state index in [0.717, 1.165) is 22.3 Å². The number of aryl methyl sites for hydroxylation is 1. The Labute approximate surface area is 206 Å². The van der Waals surface area contributed by atoms with Crippen LogP contribution >= 0.6 is 11.3 Å². The van der Waals surface area contributed by atoms with Crippen molar-refractivity contribution in [1.82, 2.24) is 15.6 Å². The van der Waals surface area contributed by atoms with Gasteiger partial charge in [0.1, 0.15) is 17.3 Å². The standard InChI is InChI=1S/C26H25N3O5S/c1-15-22(23(30)28-14-26(10-11-26)24(31)32)29-21(35-15)12-27-25(33)34-13-20-18-8-4-2-6-16(18)17-7-3-5-9-19(17)20/h2-9,20H,10-14H2,1H3,(H,27,33)(H,28,30)(H,31,32). The second kappa shape index (κ2) is 9.14. The van der Waals surface area contributed by atoms with Gasteiger partial charge in [-0.2, -0.15) is 0 Å². The van der Waals surface area contributed by atoms with Crippen LogP contribution in [0.25, 0.3) is 11.1 Å². The van der Waals surface area contributed by atoms with E-state index in [1.807, 2.05) is 24.3 Å².